The molecule has 4 nitrogen and oxygen atoms in total. The molecule has 5 heteroatoms. The molecule has 108 valence electrons. The Hall–Kier alpha value is -1.91. The number of hydrogen-bond acceptors (Lipinski definition) is 2. The van der Waals surface area contributed by atoms with E-state index in [9.17, 15) is 14.0 Å². The third kappa shape index (κ3) is 3.56. The van der Waals surface area contributed by atoms with Crippen molar-refractivity contribution in [2.45, 2.75) is 38.1 Å². The van der Waals surface area contributed by atoms with Gasteiger partial charge in [-0.15, -0.1) is 0 Å². The first-order valence-corrected chi connectivity index (χ1v) is 6.73. The monoisotopic (exact) mass is 279 g/mol. The maximum atomic E-state index is 12.8. The van der Waals surface area contributed by atoms with Crippen LogP contribution in [-0.2, 0) is 9.59 Å². The van der Waals surface area contributed by atoms with Crippen LogP contribution in [0.3, 0.4) is 0 Å². The Morgan fingerprint density at radius 3 is 2.50 bits per heavy atom. The molecule has 0 heterocycles. The van der Waals surface area contributed by atoms with Crippen molar-refractivity contribution in [2.24, 2.45) is 5.92 Å². The fraction of sp³-hybridized carbons (Fsp3) is 0.467. The van der Waals surface area contributed by atoms with Gasteiger partial charge in [0.1, 0.15) is 5.82 Å². The molecule has 0 spiro atoms. The summed E-state index contributed by atoms with van der Waals surface area (Å²) in [5.74, 6) is -1.49. The molecule has 2 rings (SSSR count). The number of amides is 1. The van der Waals surface area contributed by atoms with E-state index in [0.717, 1.165) is 5.56 Å². The molecule has 20 heavy (non-hydrogen) atoms. The molecule has 1 aromatic carbocycles. The molecule has 1 aliphatic rings. The number of aliphatic carboxylic acids is 1. The number of carboxylic acid groups (broad SMARTS) is 1. The van der Waals surface area contributed by atoms with E-state index < -0.39 is 5.97 Å². The summed E-state index contributed by atoms with van der Waals surface area (Å²) in [5.41, 5.74) is 0.915. The largest absolute Gasteiger partial charge is 0.481 e. The van der Waals surface area contributed by atoms with Crippen molar-refractivity contribution in [3.63, 3.8) is 0 Å². The molecule has 0 aliphatic heterocycles. The van der Waals surface area contributed by atoms with Crippen molar-refractivity contribution in [3.05, 3.63) is 35.6 Å². The van der Waals surface area contributed by atoms with Gasteiger partial charge in [-0.2, -0.15) is 0 Å². The van der Waals surface area contributed by atoms with E-state index >= 15 is 0 Å². The smallest absolute Gasteiger partial charge is 0.306 e. The predicted molar refractivity (Wildman–Crippen MR) is 71.7 cm³/mol. The summed E-state index contributed by atoms with van der Waals surface area (Å²) in [7, 11) is 0. The van der Waals surface area contributed by atoms with Crippen LogP contribution in [0.2, 0.25) is 0 Å². The van der Waals surface area contributed by atoms with Crippen LogP contribution in [0.15, 0.2) is 24.3 Å². The fourth-order valence-electron chi connectivity index (χ4n) is 2.41. The number of hydrogen-bond donors (Lipinski definition) is 2. The Morgan fingerprint density at radius 1 is 1.35 bits per heavy atom. The molecule has 1 aromatic rings. The van der Waals surface area contributed by atoms with E-state index in [-0.39, 0.29) is 29.6 Å². The van der Waals surface area contributed by atoms with Crippen molar-refractivity contribution < 1.29 is 19.1 Å². The van der Waals surface area contributed by atoms with Crippen molar-refractivity contribution in [3.8, 4) is 0 Å². The average Bonchev–Trinajstić information content (AvgIpc) is 2.33. The number of carboxylic acids is 1. The molecular formula is C15H18FNO3. The van der Waals surface area contributed by atoms with E-state index in [4.69, 9.17) is 5.11 Å². The van der Waals surface area contributed by atoms with Gasteiger partial charge >= 0.3 is 5.97 Å². The lowest BCUT2D eigenvalue weighted by Crippen LogP contribution is -2.46. The molecule has 1 amide bonds. The van der Waals surface area contributed by atoms with Gasteiger partial charge in [0.2, 0.25) is 5.91 Å². The summed E-state index contributed by atoms with van der Waals surface area (Å²) in [6.45, 7) is 1.91. The number of carbonyl (C=O) groups excluding carboxylic acids is 1. The highest BCUT2D eigenvalue weighted by Gasteiger charge is 2.35. The molecule has 0 saturated heterocycles. The van der Waals surface area contributed by atoms with E-state index in [1.807, 2.05) is 6.92 Å². The number of rotatable bonds is 5. The van der Waals surface area contributed by atoms with Gasteiger partial charge in [0.05, 0.1) is 5.92 Å². The van der Waals surface area contributed by atoms with Gasteiger partial charge in [-0.05, 0) is 36.5 Å². The minimum atomic E-state index is -0.796. The Bertz CT molecular complexity index is 494. The second kappa shape index (κ2) is 6.03. The third-order valence-electron chi connectivity index (χ3n) is 3.78. The molecule has 2 N–H and O–H groups in total. The standard InChI is InChI=1S/C15H18FNO3/c1-9(10-2-4-12(16)5-3-10)6-14(18)17-13-7-11(8-13)15(19)20/h2-5,9,11,13H,6-8H2,1H3,(H,17,18)(H,19,20). The van der Waals surface area contributed by atoms with Gasteiger partial charge in [-0.25, -0.2) is 4.39 Å². The molecule has 0 aromatic heterocycles. The van der Waals surface area contributed by atoms with Gasteiger partial charge in [0.25, 0.3) is 0 Å². The van der Waals surface area contributed by atoms with E-state index in [0.29, 0.717) is 19.3 Å². The molecule has 1 unspecified atom stereocenters. The maximum Gasteiger partial charge on any atom is 0.306 e. The van der Waals surface area contributed by atoms with E-state index in [1.54, 1.807) is 12.1 Å². The third-order valence-corrected chi connectivity index (χ3v) is 3.78. The lowest BCUT2D eigenvalue weighted by molar-refractivity contribution is -0.146. The van der Waals surface area contributed by atoms with Crippen molar-refractivity contribution in [1.82, 2.24) is 5.32 Å². The van der Waals surface area contributed by atoms with Gasteiger partial charge in [0, 0.05) is 12.5 Å². The van der Waals surface area contributed by atoms with Crippen molar-refractivity contribution in [1.29, 1.82) is 0 Å². The van der Waals surface area contributed by atoms with Crippen LogP contribution >= 0.6 is 0 Å². The minimum absolute atomic E-state index is 0.00551. The van der Waals surface area contributed by atoms with Gasteiger partial charge in [0.15, 0.2) is 0 Å². The zero-order valence-corrected chi connectivity index (χ0v) is 11.3. The quantitative estimate of drug-likeness (QED) is 0.869. The predicted octanol–water partition coefficient (Wildman–Crippen LogP) is 2.30. The number of benzene rings is 1. The molecule has 0 bridgehead atoms. The van der Waals surface area contributed by atoms with Crippen LogP contribution < -0.4 is 5.32 Å². The molecular weight excluding hydrogens is 261 g/mol. The van der Waals surface area contributed by atoms with Gasteiger partial charge < -0.3 is 10.4 Å². The number of nitrogens with one attached hydrogen (secondary N) is 1. The van der Waals surface area contributed by atoms with Crippen LogP contribution in [0.25, 0.3) is 0 Å². The molecule has 1 aliphatic carbocycles. The summed E-state index contributed by atoms with van der Waals surface area (Å²) in [5, 5.41) is 11.6. The summed E-state index contributed by atoms with van der Waals surface area (Å²) in [4.78, 5) is 22.5. The lowest BCUT2D eigenvalue weighted by Gasteiger charge is -2.33. The van der Waals surface area contributed by atoms with Crippen LogP contribution in [0, 0.1) is 11.7 Å². The molecule has 0 radical (unpaired) electrons. The van der Waals surface area contributed by atoms with Crippen LogP contribution in [-0.4, -0.2) is 23.0 Å². The van der Waals surface area contributed by atoms with E-state index in [1.165, 1.54) is 12.1 Å². The maximum absolute atomic E-state index is 12.8. The van der Waals surface area contributed by atoms with Crippen LogP contribution in [0.1, 0.15) is 37.7 Å². The molecule has 1 fully saturated rings. The first-order chi connectivity index (χ1) is 9.45. The van der Waals surface area contributed by atoms with Crippen molar-refractivity contribution >= 4 is 11.9 Å². The van der Waals surface area contributed by atoms with Gasteiger partial charge in [-0.3, -0.25) is 9.59 Å². The molecule has 1 atom stereocenters. The van der Waals surface area contributed by atoms with E-state index in [2.05, 4.69) is 5.32 Å². The minimum Gasteiger partial charge on any atom is -0.481 e. The number of carbonyl (C=O) groups is 2. The average molecular weight is 279 g/mol. The Kier molecular flexibility index (Phi) is 4.37. The zero-order valence-electron chi connectivity index (χ0n) is 11.3. The molecule has 1 saturated carbocycles. The Morgan fingerprint density at radius 2 is 1.95 bits per heavy atom. The summed E-state index contributed by atoms with van der Waals surface area (Å²) < 4.78 is 12.8. The Balaban J connectivity index is 1.77. The lowest BCUT2D eigenvalue weighted by atomic mass is 9.80. The summed E-state index contributed by atoms with van der Waals surface area (Å²) >= 11 is 0. The van der Waals surface area contributed by atoms with Crippen molar-refractivity contribution in [2.75, 3.05) is 0 Å². The second-order valence-electron chi connectivity index (χ2n) is 5.43. The summed E-state index contributed by atoms with van der Waals surface area (Å²) in [6, 6.07) is 6.10. The number of halogens is 1. The second-order valence-corrected chi connectivity index (χ2v) is 5.43. The van der Waals surface area contributed by atoms with Crippen LogP contribution in [0.5, 0.6) is 0 Å². The Labute approximate surface area is 117 Å². The highest BCUT2D eigenvalue weighted by Crippen LogP contribution is 2.28. The first kappa shape index (κ1) is 14.5. The SMILES string of the molecule is CC(CC(=O)NC1CC(C(=O)O)C1)c1ccc(F)cc1. The zero-order chi connectivity index (χ0) is 14.7. The highest BCUT2D eigenvalue weighted by molar-refractivity contribution is 5.78. The fourth-order valence-corrected chi connectivity index (χ4v) is 2.41. The highest BCUT2D eigenvalue weighted by atomic mass is 19.1. The topological polar surface area (TPSA) is 66.4 Å². The van der Waals surface area contributed by atoms with Crippen LogP contribution in [0.4, 0.5) is 4.39 Å². The first-order valence-electron chi connectivity index (χ1n) is 6.73. The van der Waals surface area contributed by atoms with Gasteiger partial charge in [-0.1, -0.05) is 19.1 Å². The summed E-state index contributed by atoms with van der Waals surface area (Å²) in [6.07, 6.45) is 1.33. The normalized spacial score (nSPS) is 22.7.